The number of hydrogen-bond donors (Lipinski definition) is 3. The van der Waals surface area contributed by atoms with Crippen LogP contribution in [0.2, 0.25) is 0 Å². The van der Waals surface area contributed by atoms with Gasteiger partial charge in [-0.25, -0.2) is 15.0 Å². The van der Waals surface area contributed by atoms with E-state index in [9.17, 15) is 15.0 Å². The molecule has 0 aliphatic carbocycles. The van der Waals surface area contributed by atoms with Gasteiger partial charge in [0.25, 0.3) is 0 Å². The first-order valence-corrected chi connectivity index (χ1v) is 12.6. The van der Waals surface area contributed by atoms with Crippen molar-refractivity contribution in [1.29, 1.82) is 5.26 Å². The summed E-state index contributed by atoms with van der Waals surface area (Å²) >= 11 is 0. The van der Waals surface area contributed by atoms with Crippen molar-refractivity contribution < 1.29 is 19.7 Å². The summed E-state index contributed by atoms with van der Waals surface area (Å²) in [7, 11) is 0. The van der Waals surface area contributed by atoms with E-state index >= 15 is 0 Å². The number of carbonyl (C=O) groups is 1. The number of hydrogen-bond acceptors (Lipinski definition) is 10. The lowest BCUT2D eigenvalue weighted by atomic mass is 9.98. The lowest BCUT2D eigenvalue weighted by Gasteiger charge is -2.41. The molecule has 4 N–H and O–H groups in total. The molecule has 3 aromatic rings. The number of carbonyl (C=O) groups excluding carboxylic acids is 1. The summed E-state index contributed by atoms with van der Waals surface area (Å²) in [6, 6.07) is 9.39. The number of imidazole rings is 1. The van der Waals surface area contributed by atoms with Gasteiger partial charge >= 0.3 is 0 Å². The molecule has 2 aliphatic heterocycles. The third kappa shape index (κ3) is 5.52. The second-order valence-corrected chi connectivity index (χ2v) is 9.80. The van der Waals surface area contributed by atoms with Gasteiger partial charge in [0.1, 0.15) is 30.2 Å². The largest absolute Gasteiger partial charge is 0.387 e. The van der Waals surface area contributed by atoms with Crippen molar-refractivity contribution in [2.24, 2.45) is 5.92 Å². The van der Waals surface area contributed by atoms with Crippen molar-refractivity contribution in [2.45, 2.75) is 24.5 Å². The molecule has 12 nitrogen and oxygen atoms in total. The number of likely N-dealkylation sites (tertiary alicyclic amines) is 1. The van der Waals surface area contributed by atoms with Gasteiger partial charge in [-0.15, -0.1) is 0 Å². The number of nitrogen functional groups attached to an aromatic ring is 1. The number of ether oxygens (including phenoxy) is 1. The summed E-state index contributed by atoms with van der Waals surface area (Å²) in [5, 5.41) is 30.8. The van der Waals surface area contributed by atoms with Crippen LogP contribution >= 0.6 is 0 Å². The number of aliphatic hydroxyl groups is 2. The minimum Gasteiger partial charge on any atom is -0.387 e. The summed E-state index contributed by atoms with van der Waals surface area (Å²) in [6.45, 7) is 6.37. The van der Waals surface area contributed by atoms with E-state index in [1.165, 1.54) is 18.7 Å². The number of aliphatic hydroxyl groups excluding tert-OH is 2. The zero-order chi connectivity index (χ0) is 27.5. The van der Waals surface area contributed by atoms with Gasteiger partial charge in [0.15, 0.2) is 17.7 Å². The van der Waals surface area contributed by atoms with Gasteiger partial charge in [0.2, 0.25) is 5.91 Å². The van der Waals surface area contributed by atoms with Crippen LogP contribution in [0.3, 0.4) is 0 Å². The Morgan fingerprint density at radius 3 is 2.69 bits per heavy atom. The molecule has 0 unspecified atom stereocenters. The molecule has 0 radical (unpaired) electrons. The normalized spacial score (nSPS) is 23.4. The molecular formula is C27H30N8O4. The van der Waals surface area contributed by atoms with Gasteiger partial charge in [0.05, 0.1) is 18.0 Å². The molecule has 4 heterocycles. The van der Waals surface area contributed by atoms with E-state index in [0.717, 1.165) is 5.56 Å². The van der Waals surface area contributed by atoms with Crippen LogP contribution in [0.1, 0.15) is 17.4 Å². The number of nitriles is 1. The number of nitrogens with two attached hydrogens (primary N) is 1. The molecule has 1 amide bonds. The highest BCUT2D eigenvalue weighted by molar-refractivity contribution is 5.87. The van der Waals surface area contributed by atoms with E-state index in [1.54, 1.807) is 21.6 Å². The third-order valence-electron chi connectivity index (χ3n) is 7.11. The van der Waals surface area contributed by atoms with Crippen LogP contribution in [-0.2, 0) is 9.53 Å². The average Bonchev–Trinajstić information content (AvgIpc) is 3.47. The molecule has 2 fully saturated rings. The highest BCUT2D eigenvalue weighted by Crippen LogP contribution is 2.32. The Hall–Kier alpha value is -4.15. The summed E-state index contributed by atoms with van der Waals surface area (Å²) in [5.41, 5.74) is 8.24. The molecule has 202 valence electrons. The predicted molar refractivity (Wildman–Crippen MR) is 143 cm³/mol. The fraction of sp³-hybridized carbons (Fsp3) is 0.370. The van der Waals surface area contributed by atoms with Gasteiger partial charge in [-0.2, -0.15) is 5.26 Å². The van der Waals surface area contributed by atoms with Gasteiger partial charge in [-0.1, -0.05) is 30.9 Å². The molecule has 0 bridgehead atoms. The Balaban J connectivity index is 1.29. The van der Waals surface area contributed by atoms with Crippen molar-refractivity contribution in [2.75, 3.05) is 38.5 Å². The summed E-state index contributed by atoms with van der Waals surface area (Å²) in [6.07, 6.45) is 4.14. The molecule has 2 saturated heterocycles. The van der Waals surface area contributed by atoms with Gasteiger partial charge < -0.3 is 25.6 Å². The standard InChI is InChI=1S/C27H30N8O4/c1-2-21(36)34-12-19(13-34)11-33(9-3-4-17-5-7-18(10-28)8-6-17)14-20-23(37)24(38)27(39-20)35-16-32-22-25(29)30-15-31-26(22)35/h2-8,15-16,19-20,23-24,27,37-38H,1,9,11-14H2,(H2,29,30,31)/b4-3+/t20-,23-,24-,27-/m1/s1. The second kappa shape index (κ2) is 11.3. The quantitative estimate of drug-likeness (QED) is 0.333. The van der Waals surface area contributed by atoms with E-state index in [0.29, 0.717) is 49.5 Å². The van der Waals surface area contributed by atoms with Crippen LogP contribution in [0, 0.1) is 17.2 Å². The van der Waals surface area contributed by atoms with Crippen molar-refractivity contribution in [1.82, 2.24) is 29.3 Å². The van der Waals surface area contributed by atoms with Gasteiger partial charge in [-0.05, 0) is 23.8 Å². The minimum atomic E-state index is -1.20. The zero-order valence-corrected chi connectivity index (χ0v) is 21.2. The first kappa shape index (κ1) is 26.5. The van der Waals surface area contributed by atoms with E-state index in [2.05, 4.69) is 32.5 Å². The molecule has 0 saturated carbocycles. The molecule has 12 heteroatoms. The van der Waals surface area contributed by atoms with E-state index < -0.39 is 24.5 Å². The number of nitrogens with zero attached hydrogens (tertiary/aromatic N) is 7. The fourth-order valence-electron chi connectivity index (χ4n) is 5.01. The second-order valence-electron chi connectivity index (χ2n) is 9.80. The van der Waals surface area contributed by atoms with Crippen LogP contribution in [0.4, 0.5) is 5.82 Å². The maximum Gasteiger partial charge on any atom is 0.245 e. The third-order valence-corrected chi connectivity index (χ3v) is 7.11. The van der Waals surface area contributed by atoms with Crippen molar-refractivity contribution in [3.63, 3.8) is 0 Å². The van der Waals surface area contributed by atoms with Crippen molar-refractivity contribution >= 4 is 29.0 Å². The number of benzene rings is 1. The van der Waals surface area contributed by atoms with Crippen LogP contribution in [0.15, 0.2) is 55.7 Å². The number of amides is 1. The molecule has 39 heavy (non-hydrogen) atoms. The average molecular weight is 531 g/mol. The monoisotopic (exact) mass is 530 g/mol. The molecule has 5 rings (SSSR count). The number of anilines is 1. The maximum atomic E-state index is 11.9. The van der Waals surface area contributed by atoms with Crippen LogP contribution in [0.5, 0.6) is 0 Å². The molecule has 0 spiro atoms. The summed E-state index contributed by atoms with van der Waals surface area (Å²) in [4.78, 5) is 28.1. The highest BCUT2D eigenvalue weighted by atomic mass is 16.6. The van der Waals surface area contributed by atoms with Crippen molar-refractivity contribution in [3.8, 4) is 6.07 Å². The molecular weight excluding hydrogens is 500 g/mol. The van der Waals surface area contributed by atoms with E-state index in [-0.39, 0.29) is 17.6 Å². The topological polar surface area (TPSA) is 167 Å². The Kier molecular flexibility index (Phi) is 7.67. The smallest absolute Gasteiger partial charge is 0.245 e. The van der Waals surface area contributed by atoms with Crippen LogP contribution in [-0.4, -0.2) is 96.5 Å². The number of aromatic nitrogens is 4. The zero-order valence-electron chi connectivity index (χ0n) is 21.2. The first-order valence-electron chi connectivity index (χ1n) is 12.6. The first-order chi connectivity index (χ1) is 18.9. The highest BCUT2D eigenvalue weighted by Gasteiger charge is 2.45. The van der Waals surface area contributed by atoms with Crippen LogP contribution < -0.4 is 5.73 Å². The van der Waals surface area contributed by atoms with Crippen molar-refractivity contribution in [3.05, 3.63) is 66.8 Å². The Morgan fingerprint density at radius 2 is 1.97 bits per heavy atom. The fourth-order valence-corrected chi connectivity index (χ4v) is 5.01. The SMILES string of the molecule is C=CC(=O)N1CC(CN(C/C=C/c2ccc(C#N)cc2)C[C@H]2O[C@@H](n3cnc4c(N)ncnc43)[C@H](O)[C@@H]2O)C1. The van der Waals surface area contributed by atoms with Gasteiger partial charge in [0, 0.05) is 38.6 Å². The Morgan fingerprint density at radius 1 is 1.21 bits per heavy atom. The summed E-state index contributed by atoms with van der Waals surface area (Å²) in [5.74, 6) is 0.387. The van der Waals surface area contributed by atoms with Crippen LogP contribution in [0.25, 0.3) is 17.2 Å². The molecule has 2 aromatic heterocycles. The van der Waals surface area contributed by atoms with Gasteiger partial charge in [-0.3, -0.25) is 14.3 Å². The summed E-state index contributed by atoms with van der Waals surface area (Å²) < 4.78 is 7.71. The number of fused-ring (bicyclic) bond motifs is 1. The lowest BCUT2D eigenvalue weighted by Crippen LogP contribution is -2.54. The Bertz CT molecular complexity index is 1410. The number of rotatable bonds is 9. The predicted octanol–water partition coefficient (Wildman–Crippen LogP) is 0.559. The van der Waals surface area contributed by atoms with E-state index in [4.69, 9.17) is 15.7 Å². The molecule has 1 aromatic carbocycles. The minimum absolute atomic E-state index is 0.0870. The lowest BCUT2D eigenvalue weighted by molar-refractivity contribution is -0.132. The van der Waals surface area contributed by atoms with E-state index in [1.807, 2.05) is 24.3 Å². The maximum absolute atomic E-state index is 11.9. The Labute approximate surface area is 225 Å². The molecule has 4 atom stereocenters. The molecule has 2 aliphatic rings.